The number of methoxy groups -OCH3 is 1. The van der Waals surface area contributed by atoms with Gasteiger partial charge in [-0.2, -0.15) is 0 Å². The average Bonchev–Trinajstić information content (AvgIpc) is 2.41. The van der Waals surface area contributed by atoms with Gasteiger partial charge in [-0.05, 0) is 6.42 Å². The molecule has 0 aromatic carbocycles. The Morgan fingerprint density at radius 3 is 2.38 bits per heavy atom. The lowest BCUT2D eigenvalue weighted by molar-refractivity contribution is -0.0351. The molecule has 3 nitrogen and oxygen atoms in total. The maximum atomic E-state index is 5.55. The van der Waals surface area contributed by atoms with E-state index in [0.717, 1.165) is 39.3 Å². The van der Waals surface area contributed by atoms with Crippen molar-refractivity contribution < 1.29 is 9.47 Å². The summed E-state index contributed by atoms with van der Waals surface area (Å²) in [6, 6.07) is 0. The highest BCUT2D eigenvalue weighted by Gasteiger charge is 2.17. The molecule has 3 heteroatoms. The standard InChI is InChI=1S/C9H19NO2.2C2H6/c1-3-9-8-10(4-6-11-2)5-7-12-9;2*1-2/h9H,3-8H2,1-2H3;2*1-2H3. The van der Waals surface area contributed by atoms with Crippen LogP contribution in [0.4, 0.5) is 0 Å². The summed E-state index contributed by atoms with van der Waals surface area (Å²) in [5.41, 5.74) is 0. The summed E-state index contributed by atoms with van der Waals surface area (Å²) in [6.45, 7) is 15.0. The first-order valence-corrected chi connectivity index (χ1v) is 6.69. The van der Waals surface area contributed by atoms with Gasteiger partial charge < -0.3 is 9.47 Å². The highest BCUT2D eigenvalue weighted by Crippen LogP contribution is 2.07. The fourth-order valence-electron chi connectivity index (χ4n) is 1.45. The van der Waals surface area contributed by atoms with Crippen LogP contribution >= 0.6 is 0 Å². The van der Waals surface area contributed by atoms with E-state index in [4.69, 9.17) is 9.47 Å². The Kier molecular flexibility index (Phi) is 17.0. The zero-order valence-corrected chi connectivity index (χ0v) is 12.1. The maximum Gasteiger partial charge on any atom is 0.0700 e. The number of rotatable bonds is 4. The summed E-state index contributed by atoms with van der Waals surface area (Å²) >= 11 is 0. The van der Waals surface area contributed by atoms with Crippen LogP contribution in [0.1, 0.15) is 41.0 Å². The van der Waals surface area contributed by atoms with Gasteiger partial charge >= 0.3 is 0 Å². The third-order valence-corrected chi connectivity index (χ3v) is 2.29. The molecule has 1 atom stereocenters. The SMILES string of the molecule is CC.CC.CCC1CN(CCOC)CCO1. The monoisotopic (exact) mass is 233 g/mol. The molecular formula is C13H31NO2. The van der Waals surface area contributed by atoms with Gasteiger partial charge in [-0.1, -0.05) is 34.6 Å². The van der Waals surface area contributed by atoms with E-state index < -0.39 is 0 Å². The topological polar surface area (TPSA) is 21.7 Å². The van der Waals surface area contributed by atoms with Crippen LogP contribution in [0.5, 0.6) is 0 Å². The van der Waals surface area contributed by atoms with Crippen molar-refractivity contribution >= 4 is 0 Å². The minimum atomic E-state index is 0.440. The molecule has 0 spiro atoms. The summed E-state index contributed by atoms with van der Waals surface area (Å²) < 4.78 is 10.6. The summed E-state index contributed by atoms with van der Waals surface area (Å²) in [7, 11) is 1.75. The van der Waals surface area contributed by atoms with Gasteiger partial charge in [-0.25, -0.2) is 0 Å². The van der Waals surface area contributed by atoms with E-state index in [2.05, 4.69) is 11.8 Å². The zero-order valence-electron chi connectivity index (χ0n) is 12.1. The maximum absolute atomic E-state index is 5.55. The third-order valence-electron chi connectivity index (χ3n) is 2.29. The van der Waals surface area contributed by atoms with E-state index in [1.54, 1.807) is 7.11 Å². The second kappa shape index (κ2) is 14.9. The van der Waals surface area contributed by atoms with E-state index in [1.165, 1.54) is 0 Å². The van der Waals surface area contributed by atoms with Crippen LogP contribution < -0.4 is 0 Å². The Morgan fingerprint density at radius 2 is 1.88 bits per heavy atom. The Bertz CT molecular complexity index is 121. The molecule has 16 heavy (non-hydrogen) atoms. The van der Waals surface area contributed by atoms with Crippen LogP contribution in [0.2, 0.25) is 0 Å². The molecule has 0 bridgehead atoms. The number of morpholine rings is 1. The predicted molar refractivity (Wildman–Crippen MR) is 71.0 cm³/mol. The molecule has 1 aliphatic rings. The quantitative estimate of drug-likeness (QED) is 0.745. The largest absolute Gasteiger partial charge is 0.383 e. The molecule has 0 radical (unpaired) electrons. The lowest BCUT2D eigenvalue weighted by atomic mass is 10.2. The van der Waals surface area contributed by atoms with Gasteiger partial charge in [0.15, 0.2) is 0 Å². The second-order valence-electron chi connectivity index (χ2n) is 3.19. The first-order chi connectivity index (χ1) is 7.86. The molecule has 1 fully saturated rings. The predicted octanol–water partition coefficient (Wildman–Crippen LogP) is 2.80. The molecule has 0 saturated carbocycles. The van der Waals surface area contributed by atoms with Crippen molar-refractivity contribution in [1.82, 2.24) is 4.90 Å². The van der Waals surface area contributed by atoms with Crippen LogP contribution in [-0.2, 0) is 9.47 Å². The molecule has 0 N–H and O–H groups in total. The summed E-state index contributed by atoms with van der Waals surface area (Å²) in [4.78, 5) is 2.40. The molecule has 100 valence electrons. The average molecular weight is 233 g/mol. The lowest BCUT2D eigenvalue weighted by Crippen LogP contribution is -2.43. The third kappa shape index (κ3) is 9.13. The van der Waals surface area contributed by atoms with E-state index in [9.17, 15) is 0 Å². The molecular weight excluding hydrogens is 202 g/mol. The Morgan fingerprint density at radius 1 is 1.25 bits per heavy atom. The molecule has 1 saturated heterocycles. The van der Waals surface area contributed by atoms with E-state index in [1.807, 2.05) is 27.7 Å². The van der Waals surface area contributed by atoms with Gasteiger partial charge in [-0.15, -0.1) is 0 Å². The molecule has 1 aliphatic heterocycles. The molecule has 0 aliphatic carbocycles. The minimum Gasteiger partial charge on any atom is -0.383 e. The van der Waals surface area contributed by atoms with E-state index in [-0.39, 0.29) is 0 Å². The van der Waals surface area contributed by atoms with Gasteiger partial charge in [0.25, 0.3) is 0 Å². The highest BCUT2D eigenvalue weighted by molar-refractivity contribution is 4.69. The first kappa shape index (κ1) is 18.3. The lowest BCUT2D eigenvalue weighted by Gasteiger charge is -2.32. The van der Waals surface area contributed by atoms with Crippen molar-refractivity contribution in [2.45, 2.75) is 47.1 Å². The molecule has 0 amide bonds. The molecule has 1 rings (SSSR count). The number of hydrogen-bond acceptors (Lipinski definition) is 3. The molecule has 0 aromatic heterocycles. The summed E-state index contributed by atoms with van der Waals surface area (Å²) in [5, 5.41) is 0. The Hall–Kier alpha value is -0.120. The fourth-order valence-corrected chi connectivity index (χ4v) is 1.45. The molecule has 1 heterocycles. The van der Waals surface area contributed by atoms with Gasteiger partial charge in [0.2, 0.25) is 0 Å². The van der Waals surface area contributed by atoms with Crippen molar-refractivity contribution in [3.63, 3.8) is 0 Å². The number of nitrogens with zero attached hydrogens (tertiary/aromatic N) is 1. The van der Waals surface area contributed by atoms with E-state index >= 15 is 0 Å². The minimum absolute atomic E-state index is 0.440. The van der Waals surface area contributed by atoms with Crippen molar-refractivity contribution in [3.05, 3.63) is 0 Å². The Labute approximate surface area is 102 Å². The van der Waals surface area contributed by atoms with Gasteiger partial charge in [0.1, 0.15) is 0 Å². The zero-order chi connectivity index (χ0) is 12.8. The van der Waals surface area contributed by atoms with Gasteiger partial charge in [0.05, 0.1) is 19.3 Å². The normalized spacial score (nSPS) is 20.2. The first-order valence-electron chi connectivity index (χ1n) is 6.69. The van der Waals surface area contributed by atoms with Gasteiger partial charge in [0, 0.05) is 26.7 Å². The van der Waals surface area contributed by atoms with Crippen LogP contribution in [-0.4, -0.2) is 51.0 Å². The second-order valence-corrected chi connectivity index (χ2v) is 3.19. The molecule has 0 aromatic rings. The van der Waals surface area contributed by atoms with Crippen LogP contribution in [0.15, 0.2) is 0 Å². The van der Waals surface area contributed by atoms with Crippen molar-refractivity contribution in [1.29, 1.82) is 0 Å². The van der Waals surface area contributed by atoms with Crippen LogP contribution in [0, 0.1) is 0 Å². The number of hydrogen-bond donors (Lipinski definition) is 0. The highest BCUT2D eigenvalue weighted by atomic mass is 16.5. The van der Waals surface area contributed by atoms with Gasteiger partial charge in [-0.3, -0.25) is 4.90 Å². The Balaban J connectivity index is 0. The number of ether oxygens (including phenoxy) is 2. The smallest absolute Gasteiger partial charge is 0.0700 e. The van der Waals surface area contributed by atoms with Crippen LogP contribution in [0.3, 0.4) is 0 Å². The van der Waals surface area contributed by atoms with Crippen molar-refractivity contribution in [3.8, 4) is 0 Å². The van der Waals surface area contributed by atoms with Crippen molar-refractivity contribution in [2.75, 3.05) is 40.0 Å². The molecule has 1 unspecified atom stereocenters. The van der Waals surface area contributed by atoms with Crippen LogP contribution in [0.25, 0.3) is 0 Å². The summed E-state index contributed by atoms with van der Waals surface area (Å²) in [5.74, 6) is 0. The van der Waals surface area contributed by atoms with E-state index in [0.29, 0.717) is 6.10 Å². The van der Waals surface area contributed by atoms with Crippen molar-refractivity contribution in [2.24, 2.45) is 0 Å². The summed E-state index contributed by atoms with van der Waals surface area (Å²) in [6.07, 6.45) is 1.55. The fraction of sp³-hybridized carbons (Fsp3) is 1.00.